The fourth-order valence-corrected chi connectivity index (χ4v) is 4.48. The lowest BCUT2D eigenvalue weighted by Gasteiger charge is -2.21. The van der Waals surface area contributed by atoms with E-state index in [2.05, 4.69) is 66.9 Å². The molecular formula is C26H34N4O. The van der Waals surface area contributed by atoms with Crippen LogP contribution in [-0.2, 0) is 6.54 Å². The minimum atomic E-state index is 0.0726. The number of aryl methyl sites for hydroxylation is 2. The third-order valence-electron chi connectivity index (χ3n) is 6.38. The Labute approximate surface area is 185 Å². The normalized spacial score (nSPS) is 15.8. The standard InChI is InChI=1S/C26H34N4O/c1-4-22(21-11-9-19(2)10-12-21)27-18-23-25(26(31)29-14-7-5-6-8-15-29)28-24-17-20(3)13-16-30(23)24/h9-13,16-17,22,27H,4-8,14-15,18H2,1-3H3. The molecule has 0 saturated carbocycles. The van der Waals surface area contributed by atoms with Crippen molar-refractivity contribution in [3.63, 3.8) is 0 Å². The molecule has 1 unspecified atom stereocenters. The number of amides is 1. The third kappa shape index (κ3) is 4.82. The van der Waals surface area contributed by atoms with Crippen molar-refractivity contribution in [2.24, 2.45) is 0 Å². The highest BCUT2D eigenvalue weighted by molar-refractivity contribution is 5.94. The average molecular weight is 419 g/mol. The van der Waals surface area contributed by atoms with E-state index in [1.165, 1.54) is 24.0 Å². The van der Waals surface area contributed by atoms with Gasteiger partial charge in [-0.1, -0.05) is 49.6 Å². The van der Waals surface area contributed by atoms with Crippen LogP contribution >= 0.6 is 0 Å². The van der Waals surface area contributed by atoms with Gasteiger partial charge in [0.05, 0.1) is 5.69 Å². The molecule has 5 nitrogen and oxygen atoms in total. The first-order valence-corrected chi connectivity index (χ1v) is 11.6. The first-order valence-electron chi connectivity index (χ1n) is 11.6. The minimum absolute atomic E-state index is 0.0726. The van der Waals surface area contributed by atoms with Gasteiger partial charge in [-0.2, -0.15) is 0 Å². The summed E-state index contributed by atoms with van der Waals surface area (Å²) in [6.07, 6.45) is 7.60. The number of carbonyl (C=O) groups excluding carboxylic acids is 1. The summed E-state index contributed by atoms with van der Waals surface area (Å²) in [7, 11) is 0. The summed E-state index contributed by atoms with van der Waals surface area (Å²) < 4.78 is 2.08. The maximum Gasteiger partial charge on any atom is 0.274 e. The third-order valence-corrected chi connectivity index (χ3v) is 6.38. The van der Waals surface area contributed by atoms with Gasteiger partial charge in [0.1, 0.15) is 5.65 Å². The molecule has 3 aromatic rings. The number of rotatable bonds is 6. The Kier molecular flexibility index (Phi) is 6.71. The number of imidazole rings is 1. The second kappa shape index (κ2) is 9.65. The molecule has 1 N–H and O–H groups in total. The van der Waals surface area contributed by atoms with E-state index in [0.29, 0.717) is 12.2 Å². The lowest BCUT2D eigenvalue weighted by atomic mass is 10.0. The molecule has 1 aromatic carbocycles. The van der Waals surface area contributed by atoms with Crippen LogP contribution < -0.4 is 5.32 Å². The molecule has 3 heterocycles. The maximum atomic E-state index is 13.5. The van der Waals surface area contributed by atoms with E-state index in [1.807, 2.05) is 11.1 Å². The van der Waals surface area contributed by atoms with E-state index in [4.69, 9.17) is 4.98 Å². The number of hydrogen-bond donors (Lipinski definition) is 1. The number of hydrogen-bond acceptors (Lipinski definition) is 3. The second-order valence-corrected chi connectivity index (χ2v) is 8.80. The number of fused-ring (bicyclic) bond motifs is 1. The van der Waals surface area contributed by atoms with Crippen molar-refractivity contribution in [1.29, 1.82) is 0 Å². The topological polar surface area (TPSA) is 49.6 Å². The minimum Gasteiger partial charge on any atom is -0.337 e. The molecule has 1 atom stereocenters. The average Bonchev–Trinajstić information content (AvgIpc) is 2.93. The van der Waals surface area contributed by atoms with Gasteiger partial charge in [-0.05, 0) is 56.4 Å². The SMILES string of the molecule is CCC(NCc1c(C(=O)N2CCCCCC2)nc2cc(C)ccn12)c1ccc(C)cc1. The van der Waals surface area contributed by atoms with Crippen LogP contribution in [0.4, 0.5) is 0 Å². The molecule has 4 rings (SSSR count). The lowest BCUT2D eigenvalue weighted by molar-refractivity contribution is 0.0755. The molecule has 2 aromatic heterocycles. The highest BCUT2D eigenvalue weighted by Crippen LogP contribution is 2.22. The predicted octanol–water partition coefficient (Wildman–Crippen LogP) is 5.21. The molecule has 1 fully saturated rings. The number of aromatic nitrogens is 2. The molecule has 31 heavy (non-hydrogen) atoms. The summed E-state index contributed by atoms with van der Waals surface area (Å²) >= 11 is 0. The van der Waals surface area contributed by atoms with Gasteiger partial charge in [-0.15, -0.1) is 0 Å². The number of pyridine rings is 1. The Bertz CT molecular complexity index is 1030. The van der Waals surface area contributed by atoms with Crippen LogP contribution in [0.2, 0.25) is 0 Å². The molecule has 164 valence electrons. The largest absolute Gasteiger partial charge is 0.337 e. The van der Waals surface area contributed by atoms with E-state index in [0.717, 1.165) is 49.3 Å². The summed E-state index contributed by atoms with van der Waals surface area (Å²) in [5.74, 6) is 0.0726. The van der Waals surface area contributed by atoms with Gasteiger partial charge in [0.2, 0.25) is 0 Å². The van der Waals surface area contributed by atoms with Crippen molar-refractivity contribution in [2.75, 3.05) is 13.1 Å². The van der Waals surface area contributed by atoms with Crippen LogP contribution in [0, 0.1) is 13.8 Å². The summed E-state index contributed by atoms with van der Waals surface area (Å²) in [4.78, 5) is 20.3. The van der Waals surface area contributed by atoms with Crippen molar-refractivity contribution in [3.05, 3.63) is 70.7 Å². The van der Waals surface area contributed by atoms with Gasteiger partial charge >= 0.3 is 0 Å². The Morgan fingerprint density at radius 2 is 1.74 bits per heavy atom. The number of nitrogens with zero attached hydrogens (tertiary/aromatic N) is 3. The Morgan fingerprint density at radius 3 is 2.42 bits per heavy atom. The van der Waals surface area contributed by atoms with Crippen LogP contribution in [-0.4, -0.2) is 33.3 Å². The van der Waals surface area contributed by atoms with Gasteiger partial charge in [-0.3, -0.25) is 4.79 Å². The Balaban J connectivity index is 1.64. The van der Waals surface area contributed by atoms with E-state index in [9.17, 15) is 4.79 Å². The molecule has 5 heteroatoms. The van der Waals surface area contributed by atoms with Gasteiger partial charge in [-0.25, -0.2) is 4.98 Å². The molecule has 1 amide bonds. The molecule has 0 radical (unpaired) electrons. The molecule has 0 spiro atoms. The fourth-order valence-electron chi connectivity index (χ4n) is 4.48. The summed E-state index contributed by atoms with van der Waals surface area (Å²) in [5.41, 5.74) is 6.09. The van der Waals surface area contributed by atoms with Crippen LogP contribution in [0.25, 0.3) is 5.65 Å². The van der Waals surface area contributed by atoms with E-state index in [-0.39, 0.29) is 11.9 Å². The van der Waals surface area contributed by atoms with Crippen molar-refractivity contribution < 1.29 is 4.79 Å². The molecule has 1 aliphatic heterocycles. The fraction of sp³-hybridized carbons (Fsp3) is 0.462. The number of nitrogens with one attached hydrogen (secondary N) is 1. The molecule has 1 aliphatic rings. The lowest BCUT2D eigenvalue weighted by Crippen LogP contribution is -2.33. The van der Waals surface area contributed by atoms with Gasteiger partial charge in [0.25, 0.3) is 5.91 Å². The zero-order valence-electron chi connectivity index (χ0n) is 19.0. The van der Waals surface area contributed by atoms with E-state index in [1.54, 1.807) is 0 Å². The summed E-state index contributed by atoms with van der Waals surface area (Å²) in [6, 6.07) is 13.1. The van der Waals surface area contributed by atoms with Crippen LogP contribution in [0.5, 0.6) is 0 Å². The van der Waals surface area contributed by atoms with Crippen molar-refractivity contribution in [1.82, 2.24) is 19.6 Å². The highest BCUT2D eigenvalue weighted by Gasteiger charge is 2.25. The molecular weight excluding hydrogens is 384 g/mol. The van der Waals surface area contributed by atoms with E-state index >= 15 is 0 Å². The van der Waals surface area contributed by atoms with Gasteiger partial charge in [0, 0.05) is 31.9 Å². The van der Waals surface area contributed by atoms with Crippen LogP contribution in [0.1, 0.15) is 77.9 Å². The number of likely N-dealkylation sites (tertiary alicyclic amines) is 1. The molecule has 1 saturated heterocycles. The smallest absolute Gasteiger partial charge is 0.274 e. The predicted molar refractivity (Wildman–Crippen MR) is 125 cm³/mol. The monoisotopic (exact) mass is 418 g/mol. The quantitative estimate of drug-likeness (QED) is 0.598. The van der Waals surface area contributed by atoms with Crippen molar-refractivity contribution >= 4 is 11.6 Å². The maximum absolute atomic E-state index is 13.5. The summed E-state index contributed by atoms with van der Waals surface area (Å²) in [6.45, 7) is 8.63. The highest BCUT2D eigenvalue weighted by atomic mass is 16.2. The summed E-state index contributed by atoms with van der Waals surface area (Å²) in [5, 5.41) is 3.69. The van der Waals surface area contributed by atoms with E-state index < -0.39 is 0 Å². The zero-order chi connectivity index (χ0) is 21.8. The molecule has 0 aliphatic carbocycles. The first-order chi connectivity index (χ1) is 15.1. The first kappa shape index (κ1) is 21.6. The van der Waals surface area contributed by atoms with Gasteiger partial charge < -0.3 is 14.6 Å². The van der Waals surface area contributed by atoms with Crippen molar-refractivity contribution in [2.45, 2.75) is 65.5 Å². The Morgan fingerprint density at radius 1 is 1.03 bits per heavy atom. The zero-order valence-corrected chi connectivity index (χ0v) is 19.0. The number of benzene rings is 1. The Hall–Kier alpha value is -2.66. The van der Waals surface area contributed by atoms with Gasteiger partial charge in [0.15, 0.2) is 5.69 Å². The number of carbonyl (C=O) groups is 1. The second-order valence-electron chi connectivity index (χ2n) is 8.80. The van der Waals surface area contributed by atoms with Crippen LogP contribution in [0.15, 0.2) is 42.6 Å². The molecule has 0 bridgehead atoms. The van der Waals surface area contributed by atoms with Crippen molar-refractivity contribution in [3.8, 4) is 0 Å². The van der Waals surface area contributed by atoms with Crippen LogP contribution in [0.3, 0.4) is 0 Å².